The standard InChI is InChI=1S/C19H14N2O3/c1-24-13-7-5-12(6-8-13)17-16-18(21-20-17)14-4-2-3-11(9-10-22)15(14)19(16)23/h2-8,10H,9H2,1H3,(H,20,21). The lowest BCUT2D eigenvalue weighted by atomic mass is 9.99. The van der Waals surface area contributed by atoms with Crippen LogP contribution in [0.4, 0.5) is 0 Å². The fourth-order valence-corrected chi connectivity index (χ4v) is 3.18. The second-order valence-electron chi connectivity index (χ2n) is 5.59. The molecular formula is C19H14N2O3. The van der Waals surface area contributed by atoms with Gasteiger partial charge in [0, 0.05) is 23.1 Å². The molecule has 0 fully saturated rings. The minimum atomic E-state index is -0.0861. The molecule has 1 heterocycles. The molecule has 2 aromatic carbocycles. The van der Waals surface area contributed by atoms with Crippen LogP contribution in [0.15, 0.2) is 42.5 Å². The van der Waals surface area contributed by atoms with E-state index in [1.54, 1.807) is 7.11 Å². The zero-order valence-electron chi connectivity index (χ0n) is 13.0. The number of rotatable bonds is 4. The van der Waals surface area contributed by atoms with Gasteiger partial charge in [-0.25, -0.2) is 0 Å². The quantitative estimate of drug-likeness (QED) is 0.587. The zero-order valence-corrected chi connectivity index (χ0v) is 13.0. The first-order valence-electron chi connectivity index (χ1n) is 7.58. The van der Waals surface area contributed by atoms with Crippen molar-refractivity contribution in [2.75, 3.05) is 7.11 Å². The number of nitrogens with one attached hydrogen (secondary N) is 1. The molecule has 1 aliphatic carbocycles. The van der Waals surface area contributed by atoms with Gasteiger partial charge in [0.15, 0.2) is 5.78 Å². The third-order valence-electron chi connectivity index (χ3n) is 4.31. The van der Waals surface area contributed by atoms with E-state index in [1.807, 2.05) is 42.5 Å². The number of aldehydes is 1. The van der Waals surface area contributed by atoms with Gasteiger partial charge in [-0.2, -0.15) is 5.10 Å². The molecule has 4 rings (SSSR count). The molecule has 0 unspecified atom stereocenters. The molecule has 1 aliphatic rings. The number of aromatic amines is 1. The van der Waals surface area contributed by atoms with Gasteiger partial charge in [-0.3, -0.25) is 9.89 Å². The molecule has 0 spiro atoms. The highest BCUT2D eigenvalue weighted by atomic mass is 16.5. The van der Waals surface area contributed by atoms with Crippen molar-refractivity contribution in [3.05, 3.63) is 59.2 Å². The molecule has 1 N–H and O–H groups in total. The van der Waals surface area contributed by atoms with E-state index in [9.17, 15) is 9.59 Å². The molecule has 0 saturated heterocycles. The van der Waals surface area contributed by atoms with Crippen LogP contribution < -0.4 is 4.74 Å². The molecule has 0 radical (unpaired) electrons. The number of carbonyl (C=O) groups is 2. The van der Waals surface area contributed by atoms with E-state index < -0.39 is 0 Å². The lowest BCUT2D eigenvalue weighted by Crippen LogP contribution is -2.03. The number of H-pyrrole nitrogens is 1. The highest BCUT2D eigenvalue weighted by Gasteiger charge is 2.34. The Balaban J connectivity index is 1.86. The summed E-state index contributed by atoms with van der Waals surface area (Å²) in [6.45, 7) is 0. The molecule has 0 saturated carbocycles. The Morgan fingerprint density at radius 1 is 1.12 bits per heavy atom. The van der Waals surface area contributed by atoms with Crippen molar-refractivity contribution in [2.45, 2.75) is 6.42 Å². The first kappa shape index (κ1) is 14.4. The van der Waals surface area contributed by atoms with Crippen molar-refractivity contribution < 1.29 is 14.3 Å². The largest absolute Gasteiger partial charge is 0.497 e. The summed E-state index contributed by atoms with van der Waals surface area (Å²) in [6, 6.07) is 13.0. The average Bonchev–Trinajstić information content (AvgIpc) is 3.16. The molecule has 5 nitrogen and oxygen atoms in total. The summed E-state index contributed by atoms with van der Waals surface area (Å²) < 4.78 is 5.17. The van der Waals surface area contributed by atoms with Gasteiger partial charge in [-0.05, 0) is 29.8 Å². The van der Waals surface area contributed by atoms with E-state index in [0.29, 0.717) is 22.5 Å². The Bertz CT molecular complexity index is 955. The van der Waals surface area contributed by atoms with E-state index in [4.69, 9.17) is 4.74 Å². The Morgan fingerprint density at radius 3 is 2.62 bits per heavy atom. The van der Waals surface area contributed by atoms with Gasteiger partial charge in [-0.1, -0.05) is 18.2 Å². The number of ketones is 1. The van der Waals surface area contributed by atoms with E-state index in [0.717, 1.165) is 28.7 Å². The average molecular weight is 318 g/mol. The van der Waals surface area contributed by atoms with Crippen LogP contribution in [0.5, 0.6) is 5.75 Å². The second-order valence-corrected chi connectivity index (χ2v) is 5.59. The first-order chi connectivity index (χ1) is 11.7. The number of hydrogen-bond acceptors (Lipinski definition) is 4. The number of fused-ring (bicyclic) bond motifs is 3. The van der Waals surface area contributed by atoms with Gasteiger partial charge in [0.2, 0.25) is 0 Å². The molecule has 5 heteroatoms. The monoisotopic (exact) mass is 318 g/mol. The normalized spacial score (nSPS) is 12.0. The van der Waals surface area contributed by atoms with E-state index in [2.05, 4.69) is 10.2 Å². The van der Waals surface area contributed by atoms with Gasteiger partial charge in [0.05, 0.1) is 18.4 Å². The summed E-state index contributed by atoms with van der Waals surface area (Å²) in [7, 11) is 1.61. The van der Waals surface area contributed by atoms with Crippen molar-refractivity contribution in [3.63, 3.8) is 0 Å². The fraction of sp³-hybridized carbons (Fsp3) is 0.105. The van der Waals surface area contributed by atoms with Gasteiger partial charge in [-0.15, -0.1) is 0 Å². The van der Waals surface area contributed by atoms with Gasteiger partial charge >= 0.3 is 0 Å². The Hall–Kier alpha value is -3.21. The first-order valence-corrected chi connectivity index (χ1v) is 7.58. The fourth-order valence-electron chi connectivity index (χ4n) is 3.18. The maximum atomic E-state index is 13.0. The highest BCUT2D eigenvalue weighted by molar-refractivity contribution is 6.24. The Labute approximate surface area is 138 Å². The van der Waals surface area contributed by atoms with Crippen molar-refractivity contribution in [3.8, 4) is 28.3 Å². The number of nitrogens with zero attached hydrogens (tertiary/aromatic N) is 1. The number of ether oxygens (including phenoxy) is 1. The maximum absolute atomic E-state index is 13.0. The molecule has 0 aliphatic heterocycles. The summed E-state index contributed by atoms with van der Waals surface area (Å²) in [5.41, 5.74) is 4.89. The Morgan fingerprint density at radius 2 is 1.92 bits per heavy atom. The Kier molecular flexibility index (Phi) is 3.27. The van der Waals surface area contributed by atoms with Crippen LogP contribution in [0.25, 0.3) is 22.5 Å². The molecule has 24 heavy (non-hydrogen) atoms. The molecule has 3 aromatic rings. The van der Waals surface area contributed by atoms with Gasteiger partial charge in [0.1, 0.15) is 17.7 Å². The van der Waals surface area contributed by atoms with Crippen LogP contribution in [0.1, 0.15) is 21.5 Å². The lowest BCUT2D eigenvalue weighted by molar-refractivity contribution is -0.107. The number of benzene rings is 2. The predicted octanol–water partition coefficient (Wildman–Crippen LogP) is 3.04. The van der Waals surface area contributed by atoms with Crippen molar-refractivity contribution >= 4 is 12.1 Å². The van der Waals surface area contributed by atoms with E-state index in [1.165, 1.54) is 0 Å². The highest BCUT2D eigenvalue weighted by Crippen LogP contribution is 2.41. The third-order valence-corrected chi connectivity index (χ3v) is 4.31. The van der Waals surface area contributed by atoms with Gasteiger partial charge < -0.3 is 9.53 Å². The van der Waals surface area contributed by atoms with Crippen LogP contribution in [-0.2, 0) is 11.2 Å². The molecule has 1 aromatic heterocycles. The van der Waals surface area contributed by atoms with E-state index >= 15 is 0 Å². The number of methoxy groups -OCH3 is 1. The minimum Gasteiger partial charge on any atom is -0.497 e. The molecule has 118 valence electrons. The van der Waals surface area contributed by atoms with Gasteiger partial charge in [0.25, 0.3) is 0 Å². The van der Waals surface area contributed by atoms with Crippen molar-refractivity contribution in [1.29, 1.82) is 0 Å². The van der Waals surface area contributed by atoms with Crippen molar-refractivity contribution in [1.82, 2.24) is 10.2 Å². The SMILES string of the molecule is COc1ccc(-c2n[nH]c3c2C(=O)c2c(CC=O)cccc2-3)cc1. The van der Waals surface area contributed by atoms with Crippen LogP contribution in [0.2, 0.25) is 0 Å². The predicted molar refractivity (Wildman–Crippen MR) is 89.2 cm³/mol. The lowest BCUT2D eigenvalue weighted by Gasteiger charge is -2.05. The summed E-state index contributed by atoms with van der Waals surface area (Å²) in [6.07, 6.45) is 1.04. The summed E-state index contributed by atoms with van der Waals surface area (Å²) in [5, 5.41) is 7.31. The zero-order chi connectivity index (χ0) is 16.7. The van der Waals surface area contributed by atoms with Crippen LogP contribution >= 0.6 is 0 Å². The van der Waals surface area contributed by atoms with Crippen LogP contribution in [-0.4, -0.2) is 29.4 Å². The van der Waals surface area contributed by atoms with Crippen LogP contribution in [0, 0.1) is 0 Å². The molecule has 0 bridgehead atoms. The topological polar surface area (TPSA) is 72.0 Å². The molecular weight excluding hydrogens is 304 g/mol. The summed E-state index contributed by atoms with van der Waals surface area (Å²) in [5.74, 6) is 0.658. The van der Waals surface area contributed by atoms with Crippen molar-refractivity contribution in [2.24, 2.45) is 0 Å². The molecule has 0 atom stereocenters. The smallest absolute Gasteiger partial charge is 0.198 e. The maximum Gasteiger partial charge on any atom is 0.198 e. The second kappa shape index (κ2) is 5.45. The number of carbonyl (C=O) groups excluding carboxylic acids is 2. The van der Waals surface area contributed by atoms with Crippen LogP contribution in [0.3, 0.4) is 0 Å². The minimum absolute atomic E-state index is 0.0861. The number of hydrogen-bond donors (Lipinski definition) is 1. The summed E-state index contributed by atoms with van der Waals surface area (Å²) >= 11 is 0. The third kappa shape index (κ3) is 1.98. The van der Waals surface area contributed by atoms with E-state index in [-0.39, 0.29) is 12.2 Å². The number of aromatic nitrogens is 2. The summed E-state index contributed by atoms with van der Waals surface area (Å²) in [4.78, 5) is 23.9. The molecule has 0 amide bonds.